The standard InChI is InChI=1S/C28H28N6O2/c1-16-9-12-22(36-15-19-7-5-4-6-8-19)18(3)24(16)34-26(30)21(13-29)23-25-28(35)33-17(2)10-11-20(33)14-32(25)31-27(23)34/h4-9,12,17,20H,10-11,14-15,30H2,1-3H3/t17-,20-/m0/s1. The number of aromatic nitrogens is 3. The summed E-state index contributed by atoms with van der Waals surface area (Å²) in [4.78, 5) is 15.6. The lowest BCUT2D eigenvalue weighted by molar-refractivity contribution is 0.0598. The lowest BCUT2D eigenvalue weighted by atomic mass is 10.1. The van der Waals surface area contributed by atoms with E-state index in [9.17, 15) is 10.1 Å². The molecular formula is C28H28N6O2. The highest BCUT2D eigenvalue weighted by Gasteiger charge is 2.43. The molecule has 2 aromatic heterocycles. The van der Waals surface area contributed by atoms with Gasteiger partial charge >= 0.3 is 0 Å². The maximum atomic E-state index is 13.6. The smallest absolute Gasteiger partial charge is 0.273 e. The van der Waals surface area contributed by atoms with Gasteiger partial charge in [-0.25, -0.2) is 0 Å². The molecule has 2 aromatic carbocycles. The quantitative estimate of drug-likeness (QED) is 0.464. The molecule has 0 saturated carbocycles. The van der Waals surface area contributed by atoms with E-state index in [2.05, 4.69) is 13.0 Å². The predicted octanol–water partition coefficient (Wildman–Crippen LogP) is 4.48. The molecule has 2 atom stereocenters. The number of hydrogen-bond acceptors (Lipinski definition) is 5. The van der Waals surface area contributed by atoms with Crippen molar-refractivity contribution >= 4 is 22.8 Å². The summed E-state index contributed by atoms with van der Waals surface area (Å²) in [6.07, 6.45) is 1.94. The third-order valence-electron chi connectivity index (χ3n) is 7.66. The highest BCUT2D eigenvalue weighted by molar-refractivity contribution is 6.09. The number of nitrogens with zero attached hydrogens (tertiary/aromatic N) is 5. The summed E-state index contributed by atoms with van der Waals surface area (Å²) in [5.74, 6) is 0.948. The Morgan fingerprint density at radius 1 is 1.17 bits per heavy atom. The van der Waals surface area contributed by atoms with Crippen molar-refractivity contribution in [1.29, 1.82) is 5.26 Å². The molecular weight excluding hydrogens is 452 g/mol. The molecule has 4 aromatic rings. The second-order valence-corrected chi connectivity index (χ2v) is 9.86. The van der Waals surface area contributed by atoms with E-state index in [1.54, 1.807) is 4.68 Å². The molecule has 1 saturated heterocycles. The van der Waals surface area contributed by atoms with Crippen molar-refractivity contribution in [3.8, 4) is 17.5 Å². The van der Waals surface area contributed by atoms with Crippen molar-refractivity contribution in [2.24, 2.45) is 0 Å². The number of hydrogen-bond donors (Lipinski definition) is 1. The first kappa shape index (κ1) is 22.2. The minimum atomic E-state index is -0.0687. The Labute approximate surface area is 209 Å². The first-order chi connectivity index (χ1) is 17.4. The Balaban J connectivity index is 1.51. The van der Waals surface area contributed by atoms with Gasteiger partial charge in [-0.15, -0.1) is 0 Å². The average Bonchev–Trinajstić information content (AvgIpc) is 3.50. The molecule has 0 unspecified atom stereocenters. The number of fused-ring (bicyclic) bond motifs is 4. The van der Waals surface area contributed by atoms with Gasteiger partial charge < -0.3 is 15.4 Å². The maximum absolute atomic E-state index is 13.6. The Kier molecular flexibility index (Phi) is 5.04. The Morgan fingerprint density at radius 2 is 1.94 bits per heavy atom. The van der Waals surface area contributed by atoms with E-state index < -0.39 is 0 Å². The second kappa shape index (κ2) is 8.16. The monoisotopic (exact) mass is 480 g/mol. The summed E-state index contributed by atoms with van der Waals surface area (Å²) < 4.78 is 9.78. The number of nitrogen functional groups attached to an aromatic ring is 1. The Bertz CT molecular complexity index is 1560. The Hall–Kier alpha value is -4.25. The fraction of sp³-hybridized carbons (Fsp3) is 0.321. The largest absolute Gasteiger partial charge is 0.489 e. The summed E-state index contributed by atoms with van der Waals surface area (Å²) in [5, 5.41) is 15.5. The number of aryl methyl sites for hydroxylation is 1. The van der Waals surface area contributed by atoms with Crippen molar-refractivity contribution in [3.63, 3.8) is 0 Å². The lowest BCUT2D eigenvalue weighted by Gasteiger charge is -2.33. The van der Waals surface area contributed by atoms with Crippen LogP contribution in [0.25, 0.3) is 16.7 Å². The van der Waals surface area contributed by atoms with E-state index in [-0.39, 0.29) is 23.8 Å². The molecule has 0 aliphatic carbocycles. The molecule has 8 heteroatoms. The predicted molar refractivity (Wildman–Crippen MR) is 137 cm³/mol. The van der Waals surface area contributed by atoms with Crippen LogP contribution in [0.15, 0.2) is 42.5 Å². The van der Waals surface area contributed by atoms with E-state index in [0.29, 0.717) is 35.4 Å². The van der Waals surface area contributed by atoms with Crippen LogP contribution in [0, 0.1) is 25.2 Å². The van der Waals surface area contributed by atoms with Crippen LogP contribution < -0.4 is 10.5 Å². The van der Waals surface area contributed by atoms with Gasteiger partial charge in [-0.3, -0.25) is 14.0 Å². The molecule has 0 spiro atoms. The number of anilines is 1. The Morgan fingerprint density at radius 3 is 2.69 bits per heavy atom. The number of amides is 1. The van der Waals surface area contributed by atoms with Crippen molar-refractivity contribution in [3.05, 3.63) is 70.4 Å². The number of nitriles is 1. The van der Waals surface area contributed by atoms with Crippen LogP contribution in [0.2, 0.25) is 0 Å². The minimum Gasteiger partial charge on any atom is -0.489 e. The second-order valence-electron chi connectivity index (χ2n) is 9.86. The van der Waals surface area contributed by atoms with E-state index in [4.69, 9.17) is 15.6 Å². The van der Waals surface area contributed by atoms with Gasteiger partial charge in [-0.2, -0.15) is 10.4 Å². The zero-order valence-electron chi connectivity index (χ0n) is 20.7. The van der Waals surface area contributed by atoms with Crippen molar-refractivity contribution in [2.75, 3.05) is 5.73 Å². The molecule has 36 heavy (non-hydrogen) atoms. The normalized spacial score (nSPS) is 18.8. The summed E-state index contributed by atoms with van der Waals surface area (Å²) in [7, 11) is 0. The van der Waals surface area contributed by atoms with Gasteiger partial charge in [0.15, 0.2) is 5.65 Å². The van der Waals surface area contributed by atoms with Crippen LogP contribution in [0.5, 0.6) is 5.75 Å². The van der Waals surface area contributed by atoms with Gasteiger partial charge in [0.25, 0.3) is 5.91 Å². The summed E-state index contributed by atoms with van der Waals surface area (Å²) >= 11 is 0. The fourth-order valence-corrected chi connectivity index (χ4v) is 5.87. The van der Waals surface area contributed by atoms with Gasteiger partial charge in [-0.1, -0.05) is 36.4 Å². The fourth-order valence-electron chi connectivity index (χ4n) is 5.87. The van der Waals surface area contributed by atoms with E-state index >= 15 is 0 Å². The number of carbonyl (C=O) groups excluding carboxylic acids is 1. The van der Waals surface area contributed by atoms with Crippen molar-refractivity contribution in [1.82, 2.24) is 19.2 Å². The number of ether oxygens (including phenoxy) is 1. The van der Waals surface area contributed by atoms with E-state index in [1.165, 1.54) is 0 Å². The number of nitrogens with two attached hydrogens (primary N) is 1. The van der Waals surface area contributed by atoms with Gasteiger partial charge in [0, 0.05) is 11.6 Å². The number of carbonyl (C=O) groups is 1. The zero-order valence-corrected chi connectivity index (χ0v) is 20.7. The minimum absolute atomic E-state index is 0.0687. The van der Waals surface area contributed by atoms with Crippen LogP contribution in [0.1, 0.15) is 52.5 Å². The molecule has 2 aliphatic rings. The first-order valence-electron chi connectivity index (χ1n) is 12.3. The molecule has 182 valence electrons. The van der Waals surface area contributed by atoms with E-state index in [1.807, 2.05) is 65.8 Å². The molecule has 0 bridgehead atoms. The third-order valence-corrected chi connectivity index (χ3v) is 7.66. The summed E-state index contributed by atoms with van der Waals surface area (Å²) in [6, 6.07) is 16.5. The van der Waals surface area contributed by atoms with Gasteiger partial charge in [0.2, 0.25) is 0 Å². The van der Waals surface area contributed by atoms with Crippen LogP contribution in [0.4, 0.5) is 5.82 Å². The van der Waals surface area contributed by atoms with E-state index in [0.717, 1.165) is 41.0 Å². The van der Waals surface area contributed by atoms with Gasteiger partial charge in [0.05, 0.1) is 23.7 Å². The topological polar surface area (TPSA) is 102 Å². The molecule has 1 fully saturated rings. The van der Waals surface area contributed by atoms with Crippen molar-refractivity contribution < 1.29 is 9.53 Å². The van der Waals surface area contributed by atoms with Crippen LogP contribution in [-0.4, -0.2) is 37.2 Å². The van der Waals surface area contributed by atoms with Gasteiger partial charge in [-0.05, 0) is 50.8 Å². The summed E-state index contributed by atoms with van der Waals surface area (Å²) in [5.41, 5.74) is 11.6. The molecule has 0 radical (unpaired) electrons. The lowest BCUT2D eigenvalue weighted by Crippen LogP contribution is -2.47. The average molecular weight is 481 g/mol. The van der Waals surface area contributed by atoms with Crippen LogP contribution >= 0.6 is 0 Å². The molecule has 1 amide bonds. The molecule has 2 N–H and O–H groups in total. The van der Waals surface area contributed by atoms with Crippen molar-refractivity contribution in [2.45, 2.75) is 58.8 Å². The highest BCUT2D eigenvalue weighted by atomic mass is 16.5. The maximum Gasteiger partial charge on any atom is 0.273 e. The molecule has 2 aliphatic heterocycles. The summed E-state index contributed by atoms with van der Waals surface area (Å²) in [6.45, 7) is 7.13. The number of benzene rings is 2. The first-order valence-corrected chi connectivity index (χ1v) is 12.3. The van der Waals surface area contributed by atoms with Gasteiger partial charge in [0.1, 0.15) is 35.5 Å². The molecule has 6 rings (SSSR count). The zero-order chi connectivity index (χ0) is 25.1. The van der Waals surface area contributed by atoms with Crippen LogP contribution in [0.3, 0.4) is 0 Å². The molecule has 4 heterocycles. The molecule has 8 nitrogen and oxygen atoms in total. The highest BCUT2D eigenvalue weighted by Crippen LogP contribution is 2.40. The van der Waals surface area contributed by atoms with Crippen LogP contribution in [-0.2, 0) is 13.2 Å². The number of rotatable bonds is 4. The SMILES string of the molecule is Cc1ccc(OCc2ccccc2)c(C)c1-n1c(N)c(C#N)c2c3n(nc21)C[C@@H]1CC[C@H](C)N1C3=O. The third kappa shape index (κ3) is 3.12.